The van der Waals surface area contributed by atoms with Crippen molar-refractivity contribution in [1.29, 1.82) is 0 Å². The number of hydrogen-bond donors (Lipinski definition) is 2. The van der Waals surface area contributed by atoms with Crippen molar-refractivity contribution in [2.24, 2.45) is 5.73 Å². The van der Waals surface area contributed by atoms with Gasteiger partial charge in [-0.15, -0.1) is 5.10 Å². The van der Waals surface area contributed by atoms with Crippen molar-refractivity contribution in [2.45, 2.75) is 32.2 Å². The summed E-state index contributed by atoms with van der Waals surface area (Å²) in [5.41, 5.74) is 6.45. The van der Waals surface area contributed by atoms with Crippen LogP contribution < -0.4 is 11.1 Å². The second-order valence-electron chi connectivity index (χ2n) is 5.04. The van der Waals surface area contributed by atoms with Crippen LogP contribution in [-0.2, 0) is 0 Å². The second kappa shape index (κ2) is 7.65. The Balaban J connectivity index is 2.03. The van der Waals surface area contributed by atoms with E-state index in [0.29, 0.717) is 12.2 Å². The Morgan fingerprint density at radius 2 is 2.14 bits per heavy atom. The van der Waals surface area contributed by atoms with Gasteiger partial charge in [0, 0.05) is 12.6 Å². The lowest BCUT2D eigenvalue weighted by Gasteiger charge is -2.15. The molecule has 118 valence electrons. The van der Waals surface area contributed by atoms with E-state index in [0.717, 1.165) is 19.3 Å². The summed E-state index contributed by atoms with van der Waals surface area (Å²) in [6.07, 6.45) is 4.27. The number of rotatable bonds is 7. The highest BCUT2D eigenvalue weighted by molar-refractivity contribution is 5.92. The zero-order valence-corrected chi connectivity index (χ0v) is 12.5. The van der Waals surface area contributed by atoms with Gasteiger partial charge in [-0.05, 0) is 30.7 Å². The fourth-order valence-corrected chi connectivity index (χ4v) is 2.02. The van der Waals surface area contributed by atoms with Gasteiger partial charge in [0.2, 0.25) is 0 Å². The van der Waals surface area contributed by atoms with Crippen molar-refractivity contribution in [2.75, 3.05) is 6.54 Å². The molecule has 22 heavy (non-hydrogen) atoms. The van der Waals surface area contributed by atoms with E-state index >= 15 is 0 Å². The summed E-state index contributed by atoms with van der Waals surface area (Å²) in [6.45, 7) is 2.47. The monoisotopic (exact) mass is 305 g/mol. The molecule has 2 aromatic rings. The first-order valence-electron chi connectivity index (χ1n) is 7.33. The van der Waals surface area contributed by atoms with Crippen LogP contribution >= 0.6 is 0 Å². The Labute approximate surface area is 128 Å². The van der Waals surface area contributed by atoms with E-state index in [1.807, 2.05) is 0 Å². The highest BCUT2D eigenvalue weighted by atomic mass is 19.1. The maximum atomic E-state index is 12.9. The lowest BCUT2D eigenvalue weighted by atomic mass is 10.1. The van der Waals surface area contributed by atoms with E-state index in [-0.39, 0.29) is 23.5 Å². The van der Waals surface area contributed by atoms with Gasteiger partial charge in [0.05, 0.1) is 11.9 Å². The van der Waals surface area contributed by atoms with Gasteiger partial charge in [-0.3, -0.25) is 4.79 Å². The minimum absolute atomic E-state index is 0.0663. The molecule has 1 aromatic carbocycles. The molecule has 0 fully saturated rings. The molecule has 0 spiro atoms. The molecule has 7 heteroatoms. The molecular weight excluding hydrogens is 285 g/mol. The standard InChI is InChI=1S/C15H20FN5O/c1-2-3-4-12(9-17)19-15(22)14-10-18-21(20-14)13-7-5-11(16)6-8-13/h5-8,10,12H,2-4,9,17H2,1H3,(H,19,22). The molecule has 1 amide bonds. The summed E-state index contributed by atoms with van der Waals surface area (Å²) in [6, 6.07) is 5.65. The Hall–Kier alpha value is -2.28. The first-order valence-corrected chi connectivity index (χ1v) is 7.33. The summed E-state index contributed by atoms with van der Waals surface area (Å²) in [7, 11) is 0. The quantitative estimate of drug-likeness (QED) is 0.814. The Morgan fingerprint density at radius 3 is 2.77 bits per heavy atom. The number of nitrogens with two attached hydrogens (primary N) is 1. The number of benzene rings is 1. The normalized spacial score (nSPS) is 12.1. The number of nitrogens with zero attached hydrogens (tertiary/aromatic N) is 3. The van der Waals surface area contributed by atoms with E-state index in [1.54, 1.807) is 12.1 Å². The number of halogens is 1. The van der Waals surface area contributed by atoms with Crippen molar-refractivity contribution in [3.63, 3.8) is 0 Å². The van der Waals surface area contributed by atoms with Gasteiger partial charge in [-0.1, -0.05) is 19.8 Å². The molecule has 2 rings (SSSR count). The molecule has 0 saturated carbocycles. The van der Waals surface area contributed by atoms with Crippen LogP contribution in [0.5, 0.6) is 0 Å². The van der Waals surface area contributed by atoms with Crippen LogP contribution in [0.3, 0.4) is 0 Å². The van der Waals surface area contributed by atoms with E-state index in [4.69, 9.17) is 5.73 Å². The van der Waals surface area contributed by atoms with Crippen molar-refractivity contribution in [3.8, 4) is 5.69 Å². The summed E-state index contributed by atoms with van der Waals surface area (Å²) in [4.78, 5) is 13.4. The predicted octanol–water partition coefficient (Wildman–Crippen LogP) is 1.65. The minimum Gasteiger partial charge on any atom is -0.347 e. The number of unbranched alkanes of at least 4 members (excludes halogenated alkanes) is 1. The third-order valence-corrected chi connectivity index (χ3v) is 3.31. The fraction of sp³-hybridized carbons (Fsp3) is 0.400. The van der Waals surface area contributed by atoms with Gasteiger partial charge in [-0.25, -0.2) is 4.39 Å². The number of nitrogens with one attached hydrogen (secondary N) is 1. The molecule has 0 saturated heterocycles. The van der Waals surface area contributed by atoms with E-state index in [9.17, 15) is 9.18 Å². The topological polar surface area (TPSA) is 85.8 Å². The van der Waals surface area contributed by atoms with E-state index in [2.05, 4.69) is 22.4 Å². The maximum Gasteiger partial charge on any atom is 0.273 e. The molecule has 6 nitrogen and oxygen atoms in total. The SMILES string of the molecule is CCCCC(CN)NC(=O)c1cnn(-c2ccc(F)cc2)n1. The van der Waals surface area contributed by atoms with Crippen LogP contribution in [-0.4, -0.2) is 33.5 Å². The first-order chi connectivity index (χ1) is 10.6. The summed E-state index contributed by atoms with van der Waals surface area (Å²) >= 11 is 0. The van der Waals surface area contributed by atoms with Crippen molar-refractivity contribution < 1.29 is 9.18 Å². The Morgan fingerprint density at radius 1 is 1.41 bits per heavy atom. The largest absolute Gasteiger partial charge is 0.347 e. The van der Waals surface area contributed by atoms with Crippen LogP contribution in [0.4, 0.5) is 4.39 Å². The smallest absolute Gasteiger partial charge is 0.273 e. The van der Waals surface area contributed by atoms with Gasteiger partial charge >= 0.3 is 0 Å². The van der Waals surface area contributed by atoms with Crippen LogP contribution in [0.1, 0.15) is 36.7 Å². The average Bonchev–Trinajstić information content (AvgIpc) is 3.02. The zero-order valence-electron chi connectivity index (χ0n) is 12.5. The molecule has 1 unspecified atom stereocenters. The van der Waals surface area contributed by atoms with Crippen LogP contribution in [0.25, 0.3) is 5.69 Å². The fourth-order valence-electron chi connectivity index (χ4n) is 2.02. The Kier molecular flexibility index (Phi) is 5.60. The van der Waals surface area contributed by atoms with Gasteiger partial charge < -0.3 is 11.1 Å². The van der Waals surface area contributed by atoms with Crippen molar-refractivity contribution in [3.05, 3.63) is 42.0 Å². The second-order valence-corrected chi connectivity index (χ2v) is 5.04. The molecule has 1 atom stereocenters. The number of aromatic nitrogens is 3. The summed E-state index contributed by atoms with van der Waals surface area (Å²) in [5.74, 6) is -0.643. The molecular formula is C15H20FN5O. The first kappa shape index (κ1) is 16.1. The summed E-state index contributed by atoms with van der Waals surface area (Å²) < 4.78 is 12.9. The third kappa shape index (κ3) is 4.11. The van der Waals surface area contributed by atoms with Gasteiger partial charge in [0.15, 0.2) is 5.69 Å². The lowest BCUT2D eigenvalue weighted by molar-refractivity contribution is 0.0930. The predicted molar refractivity (Wildman–Crippen MR) is 81.2 cm³/mol. The van der Waals surface area contributed by atoms with Gasteiger partial charge in [0.25, 0.3) is 5.91 Å². The van der Waals surface area contributed by atoms with Crippen LogP contribution in [0.2, 0.25) is 0 Å². The number of carbonyl (C=O) groups excluding carboxylic acids is 1. The Bertz CT molecular complexity index is 611. The molecule has 1 aromatic heterocycles. The third-order valence-electron chi connectivity index (χ3n) is 3.31. The zero-order chi connectivity index (χ0) is 15.9. The highest BCUT2D eigenvalue weighted by Gasteiger charge is 2.15. The van der Waals surface area contributed by atoms with E-state index in [1.165, 1.54) is 23.1 Å². The number of amides is 1. The summed E-state index contributed by atoms with van der Waals surface area (Å²) in [5, 5.41) is 11.0. The molecule has 3 N–H and O–H groups in total. The molecule has 0 bridgehead atoms. The van der Waals surface area contributed by atoms with Crippen LogP contribution in [0.15, 0.2) is 30.5 Å². The molecule has 0 aliphatic carbocycles. The van der Waals surface area contributed by atoms with E-state index < -0.39 is 0 Å². The molecule has 0 aliphatic heterocycles. The average molecular weight is 305 g/mol. The van der Waals surface area contributed by atoms with Gasteiger partial charge in [0.1, 0.15) is 5.82 Å². The number of carbonyl (C=O) groups is 1. The molecule has 1 heterocycles. The van der Waals surface area contributed by atoms with Crippen molar-refractivity contribution >= 4 is 5.91 Å². The number of hydrogen-bond acceptors (Lipinski definition) is 4. The molecule has 0 aliphatic rings. The molecule has 0 radical (unpaired) electrons. The van der Waals surface area contributed by atoms with Gasteiger partial charge in [-0.2, -0.15) is 9.90 Å². The highest BCUT2D eigenvalue weighted by Crippen LogP contribution is 2.07. The van der Waals surface area contributed by atoms with Crippen molar-refractivity contribution in [1.82, 2.24) is 20.3 Å². The minimum atomic E-state index is -0.337. The maximum absolute atomic E-state index is 12.9. The van der Waals surface area contributed by atoms with Crippen LogP contribution in [0, 0.1) is 5.82 Å². The lowest BCUT2D eigenvalue weighted by Crippen LogP contribution is -2.40.